The molecule has 6 heteroatoms. The highest BCUT2D eigenvalue weighted by molar-refractivity contribution is 5.96. The third-order valence-corrected chi connectivity index (χ3v) is 3.62. The molecule has 0 bridgehead atoms. The molecule has 0 aliphatic rings. The fraction of sp³-hybridized carbons (Fsp3) is 0.176. The highest BCUT2D eigenvalue weighted by atomic mass is 19.1. The summed E-state index contributed by atoms with van der Waals surface area (Å²) >= 11 is 0. The number of rotatable bonds is 5. The molecule has 0 fully saturated rings. The molecular weight excluding hydrogens is 304 g/mol. The first-order valence-electron chi connectivity index (χ1n) is 6.87. The first-order valence-corrected chi connectivity index (χ1v) is 6.87. The molecule has 1 atom stereocenters. The quantitative estimate of drug-likeness (QED) is 0.888. The number of amides is 1. The highest BCUT2D eigenvalue weighted by Gasteiger charge is 2.37. The standard InChI is InChI=1S/C17H15F2NO3/c1-17(16(22)23,11-6-3-2-4-7-11)10-14(21)20-15-12(18)8-5-9-13(15)19/h2-9H,10H2,1H3,(H,20,21)(H,22,23)/t17-/m0/s1. The van der Waals surface area contributed by atoms with E-state index in [1.165, 1.54) is 13.0 Å². The van der Waals surface area contributed by atoms with Crippen LogP contribution in [0, 0.1) is 11.6 Å². The number of nitrogens with one attached hydrogen (secondary N) is 1. The normalized spacial score (nSPS) is 13.2. The van der Waals surface area contributed by atoms with Crippen LogP contribution in [0.25, 0.3) is 0 Å². The molecule has 1 amide bonds. The van der Waals surface area contributed by atoms with Crippen LogP contribution in [-0.2, 0) is 15.0 Å². The van der Waals surface area contributed by atoms with Crippen molar-refractivity contribution in [1.29, 1.82) is 0 Å². The second-order valence-electron chi connectivity index (χ2n) is 5.32. The van der Waals surface area contributed by atoms with Crippen LogP contribution in [0.5, 0.6) is 0 Å². The summed E-state index contributed by atoms with van der Waals surface area (Å²) in [5, 5.41) is 11.6. The van der Waals surface area contributed by atoms with Gasteiger partial charge < -0.3 is 10.4 Å². The minimum atomic E-state index is -1.51. The lowest BCUT2D eigenvalue weighted by Gasteiger charge is -2.24. The first-order chi connectivity index (χ1) is 10.8. The average Bonchev–Trinajstić information content (AvgIpc) is 2.51. The van der Waals surface area contributed by atoms with Gasteiger partial charge in [-0.1, -0.05) is 36.4 Å². The molecule has 2 aromatic rings. The largest absolute Gasteiger partial charge is 0.481 e. The molecule has 2 N–H and O–H groups in total. The summed E-state index contributed by atoms with van der Waals surface area (Å²) in [5.74, 6) is -3.83. The first kappa shape index (κ1) is 16.6. The fourth-order valence-electron chi connectivity index (χ4n) is 2.23. The van der Waals surface area contributed by atoms with Gasteiger partial charge in [-0.15, -0.1) is 0 Å². The van der Waals surface area contributed by atoms with Gasteiger partial charge in [0.05, 0.1) is 5.41 Å². The molecule has 2 aromatic carbocycles. The molecule has 23 heavy (non-hydrogen) atoms. The molecule has 4 nitrogen and oxygen atoms in total. The average molecular weight is 319 g/mol. The maximum absolute atomic E-state index is 13.6. The number of carboxylic acid groups (broad SMARTS) is 1. The minimum absolute atomic E-state index is 0.427. The Hall–Kier alpha value is -2.76. The second-order valence-corrected chi connectivity index (χ2v) is 5.32. The molecule has 0 heterocycles. The topological polar surface area (TPSA) is 66.4 Å². The van der Waals surface area contributed by atoms with Gasteiger partial charge in [0.25, 0.3) is 0 Å². The SMILES string of the molecule is C[C@@](CC(=O)Nc1c(F)cccc1F)(C(=O)O)c1ccccc1. The summed E-state index contributed by atoms with van der Waals surface area (Å²) in [4.78, 5) is 23.7. The van der Waals surface area contributed by atoms with E-state index < -0.39 is 41.0 Å². The van der Waals surface area contributed by atoms with Gasteiger partial charge in [0.2, 0.25) is 5.91 Å². The smallest absolute Gasteiger partial charge is 0.314 e. The van der Waals surface area contributed by atoms with Gasteiger partial charge in [-0.2, -0.15) is 0 Å². The number of para-hydroxylation sites is 1. The summed E-state index contributed by atoms with van der Waals surface area (Å²) in [6, 6.07) is 11.4. The summed E-state index contributed by atoms with van der Waals surface area (Å²) in [6.07, 6.45) is -0.458. The Morgan fingerprint density at radius 1 is 1.04 bits per heavy atom. The number of anilines is 1. The molecule has 0 unspecified atom stereocenters. The van der Waals surface area contributed by atoms with E-state index in [4.69, 9.17) is 0 Å². The van der Waals surface area contributed by atoms with Crippen LogP contribution >= 0.6 is 0 Å². The van der Waals surface area contributed by atoms with Gasteiger partial charge in [-0.3, -0.25) is 9.59 Å². The summed E-state index contributed by atoms with van der Waals surface area (Å²) in [7, 11) is 0. The number of hydrogen-bond acceptors (Lipinski definition) is 2. The lowest BCUT2D eigenvalue weighted by Crippen LogP contribution is -2.36. The predicted molar refractivity (Wildman–Crippen MR) is 81.0 cm³/mol. The molecule has 2 rings (SSSR count). The Morgan fingerprint density at radius 3 is 2.13 bits per heavy atom. The number of carbonyl (C=O) groups is 2. The highest BCUT2D eigenvalue weighted by Crippen LogP contribution is 2.29. The van der Waals surface area contributed by atoms with Crippen LogP contribution in [0.15, 0.2) is 48.5 Å². The monoisotopic (exact) mass is 319 g/mol. The van der Waals surface area contributed by atoms with Crippen molar-refractivity contribution < 1.29 is 23.5 Å². The number of benzene rings is 2. The van der Waals surface area contributed by atoms with Crippen LogP contribution in [-0.4, -0.2) is 17.0 Å². The summed E-state index contributed by atoms with van der Waals surface area (Å²) < 4.78 is 27.1. The lowest BCUT2D eigenvalue weighted by atomic mass is 9.79. The van der Waals surface area contributed by atoms with E-state index in [9.17, 15) is 23.5 Å². The molecule has 0 spiro atoms. The van der Waals surface area contributed by atoms with E-state index in [0.29, 0.717) is 5.56 Å². The van der Waals surface area contributed by atoms with Gasteiger partial charge in [0, 0.05) is 6.42 Å². The second kappa shape index (κ2) is 6.56. The maximum atomic E-state index is 13.6. The van der Waals surface area contributed by atoms with Gasteiger partial charge in [-0.05, 0) is 24.6 Å². The summed E-state index contributed by atoms with van der Waals surface area (Å²) in [6.45, 7) is 1.39. The van der Waals surface area contributed by atoms with E-state index in [1.54, 1.807) is 30.3 Å². The Kier molecular flexibility index (Phi) is 4.74. The number of halogens is 2. The molecule has 0 radical (unpaired) electrons. The third-order valence-electron chi connectivity index (χ3n) is 3.62. The van der Waals surface area contributed by atoms with Crippen molar-refractivity contribution in [3.63, 3.8) is 0 Å². The molecule has 0 saturated carbocycles. The van der Waals surface area contributed by atoms with Crippen molar-refractivity contribution in [1.82, 2.24) is 0 Å². The molecule has 0 aliphatic heterocycles. The zero-order valence-electron chi connectivity index (χ0n) is 12.3. The van der Waals surface area contributed by atoms with Gasteiger partial charge >= 0.3 is 5.97 Å². The van der Waals surface area contributed by atoms with Crippen molar-refractivity contribution >= 4 is 17.6 Å². The number of carboxylic acids is 1. The Bertz CT molecular complexity index is 714. The van der Waals surface area contributed by atoms with Gasteiger partial charge in [0.1, 0.15) is 17.3 Å². The number of hydrogen-bond donors (Lipinski definition) is 2. The van der Waals surface area contributed by atoms with E-state index in [-0.39, 0.29) is 0 Å². The van der Waals surface area contributed by atoms with Crippen molar-refractivity contribution in [2.45, 2.75) is 18.8 Å². The zero-order chi connectivity index (χ0) is 17.0. The van der Waals surface area contributed by atoms with E-state index >= 15 is 0 Å². The van der Waals surface area contributed by atoms with Crippen LogP contribution in [0.3, 0.4) is 0 Å². The van der Waals surface area contributed by atoms with E-state index in [0.717, 1.165) is 12.1 Å². The molecule has 120 valence electrons. The number of carbonyl (C=O) groups excluding carboxylic acids is 1. The fourth-order valence-corrected chi connectivity index (χ4v) is 2.23. The molecule has 0 aliphatic carbocycles. The van der Waals surface area contributed by atoms with Gasteiger partial charge in [0.15, 0.2) is 0 Å². The number of aliphatic carboxylic acids is 1. The zero-order valence-corrected chi connectivity index (χ0v) is 12.3. The van der Waals surface area contributed by atoms with E-state index in [1.807, 2.05) is 0 Å². The summed E-state index contributed by atoms with van der Waals surface area (Å²) in [5.41, 5.74) is -1.66. The van der Waals surface area contributed by atoms with Gasteiger partial charge in [-0.25, -0.2) is 8.78 Å². The molecule has 0 aromatic heterocycles. The van der Waals surface area contributed by atoms with E-state index in [2.05, 4.69) is 5.32 Å². The predicted octanol–water partition coefficient (Wildman–Crippen LogP) is 3.34. The van der Waals surface area contributed by atoms with Crippen LogP contribution in [0.2, 0.25) is 0 Å². The Balaban J connectivity index is 2.25. The van der Waals surface area contributed by atoms with Crippen molar-refractivity contribution in [3.8, 4) is 0 Å². The lowest BCUT2D eigenvalue weighted by molar-refractivity contribution is -0.145. The molecule has 0 saturated heterocycles. The van der Waals surface area contributed by atoms with Crippen molar-refractivity contribution in [2.75, 3.05) is 5.32 Å². The van der Waals surface area contributed by atoms with Crippen LogP contribution < -0.4 is 5.32 Å². The van der Waals surface area contributed by atoms with Crippen LogP contribution in [0.4, 0.5) is 14.5 Å². The van der Waals surface area contributed by atoms with Crippen LogP contribution in [0.1, 0.15) is 18.9 Å². The molecular formula is C17H15F2NO3. The Labute approximate surface area is 131 Å². The maximum Gasteiger partial charge on any atom is 0.314 e. The minimum Gasteiger partial charge on any atom is -0.481 e. The Morgan fingerprint density at radius 2 is 1.61 bits per heavy atom. The van der Waals surface area contributed by atoms with Crippen molar-refractivity contribution in [3.05, 3.63) is 65.7 Å². The third kappa shape index (κ3) is 3.53. The van der Waals surface area contributed by atoms with Crippen molar-refractivity contribution in [2.24, 2.45) is 0 Å².